The first kappa shape index (κ1) is 21.2. The minimum absolute atomic E-state index is 0.319. The topological polar surface area (TPSA) is 61.8 Å². The minimum atomic E-state index is 0.319. The fourth-order valence-corrected chi connectivity index (χ4v) is 3.76. The maximum Gasteiger partial charge on any atom is 0.191 e. The highest BCUT2D eigenvalue weighted by atomic mass is 35.5. The zero-order valence-electron chi connectivity index (χ0n) is 17.4. The van der Waals surface area contributed by atoms with Gasteiger partial charge in [-0.3, -0.25) is 9.98 Å². The van der Waals surface area contributed by atoms with Crippen molar-refractivity contribution in [2.24, 2.45) is 4.99 Å². The molecule has 1 atom stereocenters. The molecule has 1 unspecified atom stereocenters. The van der Waals surface area contributed by atoms with Crippen LogP contribution in [0.2, 0.25) is 5.02 Å². The van der Waals surface area contributed by atoms with E-state index >= 15 is 0 Å². The second-order valence-electron chi connectivity index (χ2n) is 7.20. The van der Waals surface area contributed by atoms with Gasteiger partial charge in [0.1, 0.15) is 5.75 Å². The van der Waals surface area contributed by atoms with Gasteiger partial charge in [-0.05, 0) is 62.1 Å². The first-order valence-electron chi connectivity index (χ1n) is 10.1. The van der Waals surface area contributed by atoms with E-state index in [0.717, 1.165) is 61.4 Å². The standard InChI is InChI=1S/C22H30ClN5O/c1-4-25-22(26-11-8-17-7-10-24-14-16(17)2)27-19-9-12-28(15-19)20-13-18(23)5-6-21(20)29-3/h5-7,10,13-14,19H,4,8-9,11-12,15H2,1-3H3,(H2,25,26,27). The zero-order chi connectivity index (χ0) is 20.6. The van der Waals surface area contributed by atoms with Crippen LogP contribution >= 0.6 is 11.6 Å². The molecule has 29 heavy (non-hydrogen) atoms. The molecule has 0 saturated carbocycles. The van der Waals surface area contributed by atoms with Crippen LogP contribution in [0.15, 0.2) is 41.7 Å². The largest absolute Gasteiger partial charge is 0.495 e. The van der Waals surface area contributed by atoms with Crippen LogP contribution in [-0.4, -0.2) is 50.3 Å². The van der Waals surface area contributed by atoms with Gasteiger partial charge in [-0.1, -0.05) is 11.6 Å². The fourth-order valence-electron chi connectivity index (χ4n) is 3.59. The van der Waals surface area contributed by atoms with Gasteiger partial charge in [0.15, 0.2) is 5.96 Å². The number of hydrogen-bond donors (Lipinski definition) is 2. The van der Waals surface area contributed by atoms with Gasteiger partial charge >= 0.3 is 0 Å². The van der Waals surface area contributed by atoms with Crippen molar-refractivity contribution in [2.75, 3.05) is 38.2 Å². The van der Waals surface area contributed by atoms with E-state index in [4.69, 9.17) is 21.3 Å². The normalized spacial score (nSPS) is 16.8. The first-order valence-corrected chi connectivity index (χ1v) is 10.5. The number of rotatable bonds is 7. The second kappa shape index (κ2) is 10.3. The lowest BCUT2D eigenvalue weighted by Crippen LogP contribution is -2.44. The summed E-state index contributed by atoms with van der Waals surface area (Å²) in [5.74, 6) is 1.72. The number of guanidine groups is 1. The summed E-state index contributed by atoms with van der Waals surface area (Å²) < 4.78 is 5.51. The van der Waals surface area contributed by atoms with Crippen molar-refractivity contribution in [1.29, 1.82) is 0 Å². The summed E-state index contributed by atoms with van der Waals surface area (Å²) in [6, 6.07) is 8.14. The Bertz CT molecular complexity index is 842. The van der Waals surface area contributed by atoms with Crippen molar-refractivity contribution >= 4 is 23.2 Å². The van der Waals surface area contributed by atoms with Crippen molar-refractivity contribution in [3.8, 4) is 5.75 Å². The van der Waals surface area contributed by atoms with Crippen LogP contribution in [0.25, 0.3) is 0 Å². The van der Waals surface area contributed by atoms with E-state index in [2.05, 4.69) is 40.4 Å². The lowest BCUT2D eigenvalue weighted by Gasteiger charge is -2.22. The quantitative estimate of drug-likeness (QED) is 0.536. The maximum absolute atomic E-state index is 6.20. The number of nitrogens with one attached hydrogen (secondary N) is 2. The number of aryl methyl sites for hydroxylation is 1. The highest BCUT2D eigenvalue weighted by Crippen LogP contribution is 2.33. The van der Waals surface area contributed by atoms with Gasteiger partial charge < -0.3 is 20.3 Å². The lowest BCUT2D eigenvalue weighted by molar-refractivity contribution is 0.415. The summed E-state index contributed by atoms with van der Waals surface area (Å²) >= 11 is 6.20. The van der Waals surface area contributed by atoms with Gasteiger partial charge in [0.2, 0.25) is 0 Å². The number of halogens is 1. The second-order valence-corrected chi connectivity index (χ2v) is 7.64. The van der Waals surface area contributed by atoms with E-state index in [1.54, 1.807) is 7.11 Å². The predicted octanol–water partition coefficient (Wildman–Crippen LogP) is 3.43. The first-order chi connectivity index (χ1) is 14.1. The van der Waals surface area contributed by atoms with Gasteiger partial charge in [-0.15, -0.1) is 0 Å². The lowest BCUT2D eigenvalue weighted by atomic mass is 10.1. The molecule has 7 heteroatoms. The molecule has 0 aliphatic carbocycles. The number of pyridine rings is 1. The van der Waals surface area contributed by atoms with E-state index in [-0.39, 0.29) is 0 Å². The number of nitrogens with zero attached hydrogens (tertiary/aromatic N) is 3. The van der Waals surface area contributed by atoms with Crippen molar-refractivity contribution in [2.45, 2.75) is 32.7 Å². The molecule has 156 valence electrons. The van der Waals surface area contributed by atoms with E-state index in [1.807, 2.05) is 30.6 Å². The Hall–Kier alpha value is -2.47. The highest BCUT2D eigenvalue weighted by Gasteiger charge is 2.25. The molecular formula is C22H30ClN5O. The van der Waals surface area contributed by atoms with Gasteiger partial charge in [-0.25, -0.2) is 0 Å². The third-order valence-electron chi connectivity index (χ3n) is 5.14. The monoisotopic (exact) mass is 415 g/mol. The van der Waals surface area contributed by atoms with E-state index in [9.17, 15) is 0 Å². The number of aromatic nitrogens is 1. The number of anilines is 1. The molecule has 1 aliphatic heterocycles. The third-order valence-corrected chi connectivity index (χ3v) is 5.38. The van der Waals surface area contributed by atoms with Crippen LogP contribution in [-0.2, 0) is 6.42 Å². The summed E-state index contributed by atoms with van der Waals surface area (Å²) in [4.78, 5) is 11.2. The third kappa shape index (κ3) is 5.76. The molecule has 1 aromatic carbocycles. The summed E-state index contributed by atoms with van der Waals surface area (Å²) in [5.41, 5.74) is 3.54. The predicted molar refractivity (Wildman–Crippen MR) is 120 cm³/mol. The van der Waals surface area contributed by atoms with Crippen LogP contribution in [0.1, 0.15) is 24.5 Å². The Kier molecular flexibility index (Phi) is 7.58. The Morgan fingerprint density at radius 2 is 2.24 bits per heavy atom. The van der Waals surface area contributed by atoms with Crippen molar-refractivity contribution in [3.63, 3.8) is 0 Å². The number of hydrogen-bond acceptors (Lipinski definition) is 4. The number of ether oxygens (including phenoxy) is 1. The molecule has 1 fully saturated rings. The molecule has 2 N–H and O–H groups in total. The van der Waals surface area contributed by atoms with Crippen LogP contribution < -0.4 is 20.3 Å². The van der Waals surface area contributed by atoms with Gasteiger partial charge in [-0.2, -0.15) is 0 Å². The summed E-state index contributed by atoms with van der Waals surface area (Å²) in [6.07, 6.45) is 5.68. The van der Waals surface area contributed by atoms with Gasteiger partial charge in [0.05, 0.1) is 12.8 Å². The van der Waals surface area contributed by atoms with Crippen LogP contribution in [0.4, 0.5) is 5.69 Å². The molecule has 3 rings (SSSR count). The molecule has 6 nitrogen and oxygen atoms in total. The van der Waals surface area contributed by atoms with Crippen molar-refractivity contribution < 1.29 is 4.74 Å². The molecule has 1 aliphatic rings. The molecule has 2 aromatic rings. The Morgan fingerprint density at radius 3 is 3.00 bits per heavy atom. The van der Waals surface area contributed by atoms with E-state index in [1.165, 1.54) is 11.1 Å². The zero-order valence-corrected chi connectivity index (χ0v) is 18.2. The van der Waals surface area contributed by atoms with E-state index in [0.29, 0.717) is 6.04 Å². The average molecular weight is 416 g/mol. The Morgan fingerprint density at radius 1 is 1.38 bits per heavy atom. The molecule has 0 radical (unpaired) electrons. The molecule has 0 bridgehead atoms. The van der Waals surface area contributed by atoms with Crippen LogP contribution in [0, 0.1) is 6.92 Å². The maximum atomic E-state index is 6.20. The van der Waals surface area contributed by atoms with Crippen LogP contribution in [0.5, 0.6) is 5.75 Å². The van der Waals surface area contributed by atoms with E-state index < -0.39 is 0 Å². The minimum Gasteiger partial charge on any atom is -0.495 e. The SMILES string of the molecule is CCNC(=NCCc1ccncc1C)NC1CCN(c2cc(Cl)ccc2OC)C1. The summed E-state index contributed by atoms with van der Waals surface area (Å²) in [6.45, 7) is 7.57. The summed E-state index contributed by atoms with van der Waals surface area (Å²) in [5, 5.41) is 7.66. The molecule has 1 saturated heterocycles. The van der Waals surface area contributed by atoms with Gasteiger partial charge in [0, 0.05) is 49.6 Å². The molecular weight excluding hydrogens is 386 g/mol. The smallest absolute Gasteiger partial charge is 0.191 e. The summed E-state index contributed by atoms with van der Waals surface area (Å²) in [7, 11) is 1.69. The molecule has 2 heterocycles. The van der Waals surface area contributed by atoms with Crippen molar-refractivity contribution in [3.05, 3.63) is 52.8 Å². The van der Waals surface area contributed by atoms with Crippen molar-refractivity contribution in [1.82, 2.24) is 15.6 Å². The number of benzene rings is 1. The number of aliphatic imine (C=N–C) groups is 1. The molecule has 0 spiro atoms. The Balaban J connectivity index is 1.60. The Labute approximate surface area is 178 Å². The van der Waals surface area contributed by atoms with Gasteiger partial charge in [0.25, 0.3) is 0 Å². The highest BCUT2D eigenvalue weighted by molar-refractivity contribution is 6.30. The fraction of sp³-hybridized carbons (Fsp3) is 0.455. The van der Waals surface area contributed by atoms with Crippen LogP contribution in [0.3, 0.4) is 0 Å². The average Bonchev–Trinajstić information content (AvgIpc) is 3.18. The molecule has 0 amide bonds. The molecule has 1 aromatic heterocycles. The number of methoxy groups -OCH3 is 1.